The van der Waals surface area contributed by atoms with Gasteiger partial charge in [-0.2, -0.15) is 5.10 Å². The number of esters is 1. The first kappa shape index (κ1) is 24.2. The molecule has 0 heterocycles. The third kappa shape index (κ3) is 6.13. The third-order valence-electron chi connectivity index (χ3n) is 5.28. The van der Waals surface area contributed by atoms with Crippen LogP contribution in [0.5, 0.6) is 11.5 Å². The Hall–Kier alpha value is -3.97. The van der Waals surface area contributed by atoms with Crippen LogP contribution in [0.1, 0.15) is 28.4 Å². The second kappa shape index (κ2) is 11.0. The van der Waals surface area contributed by atoms with E-state index in [2.05, 4.69) is 26.5 Å². The van der Waals surface area contributed by atoms with Gasteiger partial charge in [0.15, 0.2) is 6.10 Å². The molecule has 4 aromatic carbocycles. The number of hydrazone groups is 1. The third-order valence-corrected chi connectivity index (χ3v) is 5.81. The van der Waals surface area contributed by atoms with Gasteiger partial charge in [0.25, 0.3) is 5.91 Å². The van der Waals surface area contributed by atoms with Crippen LogP contribution in [0.4, 0.5) is 0 Å². The van der Waals surface area contributed by atoms with E-state index in [1.165, 1.54) is 6.21 Å². The van der Waals surface area contributed by atoms with Crippen molar-refractivity contribution in [1.82, 2.24) is 5.43 Å². The van der Waals surface area contributed by atoms with Crippen molar-refractivity contribution < 1.29 is 19.1 Å². The molecule has 1 amide bonds. The Morgan fingerprint density at radius 3 is 2.40 bits per heavy atom. The van der Waals surface area contributed by atoms with Crippen molar-refractivity contribution in [2.75, 3.05) is 0 Å². The average molecular weight is 531 g/mol. The van der Waals surface area contributed by atoms with Crippen LogP contribution in [0.25, 0.3) is 10.8 Å². The molecule has 0 spiro atoms. The summed E-state index contributed by atoms with van der Waals surface area (Å²) >= 11 is 3.37. The summed E-state index contributed by atoms with van der Waals surface area (Å²) in [5, 5.41) is 5.90. The zero-order valence-corrected chi connectivity index (χ0v) is 20.8. The monoisotopic (exact) mass is 530 g/mol. The minimum Gasteiger partial charge on any atom is -0.481 e. The van der Waals surface area contributed by atoms with Gasteiger partial charge in [0.1, 0.15) is 11.5 Å². The van der Waals surface area contributed by atoms with Crippen molar-refractivity contribution in [3.8, 4) is 11.5 Å². The van der Waals surface area contributed by atoms with Gasteiger partial charge >= 0.3 is 5.97 Å². The van der Waals surface area contributed by atoms with Gasteiger partial charge in [0.2, 0.25) is 0 Å². The molecule has 0 bridgehead atoms. The van der Waals surface area contributed by atoms with E-state index in [0.717, 1.165) is 20.8 Å². The first-order valence-corrected chi connectivity index (χ1v) is 11.8. The molecule has 4 rings (SSSR count). The summed E-state index contributed by atoms with van der Waals surface area (Å²) in [5.74, 6) is 0.0173. The molecule has 0 aliphatic carbocycles. The predicted molar refractivity (Wildman–Crippen MR) is 140 cm³/mol. The van der Waals surface area contributed by atoms with E-state index in [9.17, 15) is 9.59 Å². The zero-order chi connectivity index (χ0) is 24.8. The van der Waals surface area contributed by atoms with Crippen LogP contribution in [0.3, 0.4) is 0 Å². The Morgan fingerprint density at radius 2 is 1.66 bits per heavy atom. The lowest BCUT2D eigenvalue weighted by atomic mass is 10.0. The maximum atomic E-state index is 12.7. The number of halogens is 1. The van der Waals surface area contributed by atoms with E-state index < -0.39 is 18.0 Å². The van der Waals surface area contributed by atoms with Crippen molar-refractivity contribution >= 4 is 44.8 Å². The molecule has 0 saturated carbocycles. The van der Waals surface area contributed by atoms with Crippen LogP contribution >= 0.6 is 15.9 Å². The van der Waals surface area contributed by atoms with Gasteiger partial charge in [-0.25, -0.2) is 10.2 Å². The number of fused-ring (bicyclic) bond motifs is 1. The number of benzene rings is 4. The van der Waals surface area contributed by atoms with Gasteiger partial charge in [-0.3, -0.25) is 4.79 Å². The minimum atomic E-state index is -0.764. The Balaban J connectivity index is 1.52. The highest BCUT2D eigenvalue weighted by molar-refractivity contribution is 9.10. The zero-order valence-electron chi connectivity index (χ0n) is 19.2. The standard InChI is InChI=1S/C28H23BrN2O4/c1-18-7-9-21(10-8-18)28(33)35-26-16-11-20-5-3-4-6-24(20)25(26)17-30-31-27(32)19(2)34-23-14-12-22(29)13-15-23/h3-17,19H,1-2H3,(H,31,32)/b30-17-/t19-/m1/s1. The number of carbonyl (C=O) groups excluding carboxylic acids is 2. The molecule has 35 heavy (non-hydrogen) atoms. The Kier molecular flexibility index (Phi) is 7.57. The van der Waals surface area contributed by atoms with Crippen LogP contribution < -0.4 is 14.9 Å². The number of nitrogens with zero attached hydrogens (tertiary/aromatic N) is 1. The van der Waals surface area contributed by atoms with E-state index in [-0.39, 0.29) is 0 Å². The molecule has 0 saturated heterocycles. The van der Waals surface area contributed by atoms with Crippen molar-refractivity contribution in [2.45, 2.75) is 20.0 Å². The molecule has 7 heteroatoms. The molecule has 0 aromatic heterocycles. The highest BCUT2D eigenvalue weighted by Gasteiger charge is 2.16. The molecule has 0 aliphatic rings. The van der Waals surface area contributed by atoms with E-state index in [0.29, 0.717) is 22.6 Å². The van der Waals surface area contributed by atoms with Gasteiger partial charge in [-0.05, 0) is 67.1 Å². The lowest BCUT2D eigenvalue weighted by molar-refractivity contribution is -0.127. The minimum absolute atomic E-state index is 0.339. The molecule has 0 fully saturated rings. The normalized spacial score (nSPS) is 11.9. The number of carbonyl (C=O) groups is 2. The number of nitrogens with one attached hydrogen (secondary N) is 1. The van der Waals surface area contributed by atoms with Gasteiger partial charge in [-0.15, -0.1) is 0 Å². The molecule has 0 aliphatic heterocycles. The fraction of sp³-hybridized carbons (Fsp3) is 0.107. The van der Waals surface area contributed by atoms with E-state index in [1.54, 1.807) is 37.3 Å². The summed E-state index contributed by atoms with van der Waals surface area (Å²) < 4.78 is 12.3. The lowest BCUT2D eigenvalue weighted by Gasteiger charge is -2.13. The van der Waals surface area contributed by atoms with Crippen LogP contribution in [0.15, 0.2) is 94.5 Å². The van der Waals surface area contributed by atoms with Gasteiger partial charge < -0.3 is 9.47 Å². The smallest absolute Gasteiger partial charge is 0.343 e. The fourth-order valence-corrected chi connectivity index (χ4v) is 3.63. The van der Waals surface area contributed by atoms with Crippen LogP contribution in [-0.2, 0) is 4.79 Å². The second-order valence-electron chi connectivity index (χ2n) is 7.90. The Morgan fingerprint density at radius 1 is 0.943 bits per heavy atom. The summed E-state index contributed by atoms with van der Waals surface area (Å²) in [5.41, 5.74) is 4.57. The molecule has 1 N–H and O–H groups in total. The molecular formula is C28H23BrN2O4. The maximum absolute atomic E-state index is 12.7. The van der Waals surface area contributed by atoms with Crippen LogP contribution in [-0.4, -0.2) is 24.2 Å². The fourth-order valence-electron chi connectivity index (χ4n) is 3.37. The SMILES string of the molecule is Cc1ccc(C(=O)Oc2ccc3ccccc3c2/C=N\NC(=O)[C@@H](C)Oc2ccc(Br)cc2)cc1. The highest BCUT2D eigenvalue weighted by atomic mass is 79.9. The van der Waals surface area contributed by atoms with Crippen molar-refractivity contribution in [3.05, 3.63) is 106 Å². The number of rotatable bonds is 7. The van der Waals surface area contributed by atoms with Crippen molar-refractivity contribution in [2.24, 2.45) is 5.10 Å². The van der Waals surface area contributed by atoms with E-state index in [4.69, 9.17) is 9.47 Å². The summed E-state index contributed by atoms with van der Waals surface area (Å²) in [6.45, 7) is 3.59. The average Bonchev–Trinajstić information content (AvgIpc) is 2.86. The lowest BCUT2D eigenvalue weighted by Crippen LogP contribution is -2.33. The number of hydrogen-bond acceptors (Lipinski definition) is 5. The molecule has 1 atom stereocenters. The molecular weight excluding hydrogens is 508 g/mol. The number of aryl methyl sites for hydroxylation is 1. The number of hydrogen-bond donors (Lipinski definition) is 1. The van der Waals surface area contributed by atoms with Gasteiger partial charge in [-0.1, -0.05) is 64.0 Å². The number of amides is 1. The topological polar surface area (TPSA) is 77.0 Å². The summed E-state index contributed by atoms with van der Waals surface area (Å²) in [4.78, 5) is 25.2. The molecule has 0 radical (unpaired) electrons. The van der Waals surface area contributed by atoms with Gasteiger partial charge in [0.05, 0.1) is 11.8 Å². The maximum Gasteiger partial charge on any atom is 0.343 e. The largest absolute Gasteiger partial charge is 0.481 e. The summed E-state index contributed by atoms with van der Waals surface area (Å²) in [6, 6.07) is 25.6. The Bertz CT molecular complexity index is 1380. The molecule has 4 aromatic rings. The second-order valence-corrected chi connectivity index (χ2v) is 8.82. The quantitative estimate of drug-likeness (QED) is 0.136. The van der Waals surface area contributed by atoms with Crippen LogP contribution in [0, 0.1) is 6.92 Å². The van der Waals surface area contributed by atoms with E-state index >= 15 is 0 Å². The number of ether oxygens (including phenoxy) is 2. The van der Waals surface area contributed by atoms with Crippen molar-refractivity contribution in [1.29, 1.82) is 0 Å². The van der Waals surface area contributed by atoms with Crippen LogP contribution in [0.2, 0.25) is 0 Å². The predicted octanol–water partition coefficient (Wildman–Crippen LogP) is 6.05. The highest BCUT2D eigenvalue weighted by Crippen LogP contribution is 2.27. The van der Waals surface area contributed by atoms with Crippen molar-refractivity contribution in [3.63, 3.8) is 0 Å². The molecule has 0 unspecified atom stereocenters. The first-order valence-electron chi connectivity index (χ1n) is 11.0. The van der Waals surface area contributed by atoms with Gasteiger partial charge in [0, 0.05) is 10.0 Å². The first-order chi connectivity index (χ1) is 16.9. The Labute approximate surface area is 211 Å². The summed E-state index contributed by atoms with van der Waals surface area (Å²) in [6.07, 6.45) is 0.712. The summed E-state index contributed by atoms with van der Waals surface area (Å²) in [7, 11) is 0. The molecule has 6 nitrogen and oxygen atoms in total. The molecule has 176 valence electrons. The van der Waals surface area contributed by atoms with E-state index in [1.807, 2.05) is 61.5 Å².